The second kappa shape index (κ2) is 9.95. The van der Waals surface area contributed by atoms with E-state index in [0.717, 1.165) is 34.5 Å². The van der Waals surface area contributed by atoms with Gasteiger partial charge in [0.05, 0.1) is 5.56 Å². The van der Waals surface area contributed by atoms with Crippen molar-refractivity contribution in [3.05, 3.63) is 58.1 Å². The highest BCUT2D eigenvalue weighted by atomic mass is 19.4. The summed E-state index contributed by atoms with van der Waals surface area (Å²) in [6, 6.07) is 5.82. The largest absolute Gasteiger partial charge is 0.416 e. The molecule has 0 spiro atoms. The monoisotopic (exact) mass is 476 g/mol. The second-order valence-electron chi connectivity index (χ2n) is 8.94. The molecule has 0 bridgehead atoms. The Balaban J connectivity index is 1.56. The molecular weight excluding hydrogens is 445 g/mol. The number of nitrogens with one attached hydrogen (secondary N) is 2. The van der Waals surface area contributed by atoms with Crippen LogP contribution in [0.4, 0.5) is 24.5 Å². The summed E-state index contributed by atoms with van der Waals surface area (Å²) in [4.78, 5) is 27.0. The molecule has 1 aliphatic heterocycles. The van der Waals surface area contributed by atoms with Gasteiger partial charge in [0.1, 0.15) is 6.04 Å². The van der Waals surface area contributed by atoms with E-state index in [1.807, 2.05) is 26.8 Å². The van der Waals surface area contributed by atoms with Crippen molar-refractivity contribution in [2.24, 2.45) is 0 Å². The molecule has 1 fully saturated rings. The van der Waals surface area contributed by atoms with E-state index < -0.39 is 23.7 Å². The number of likely N-dealkylation sites (tertiary alicyclic amines) is 1. The summed E-state index contributed by atoms with van der Waals surface area (Å²) in [5.74, 6) is -0.602. The Morgan fingerprint density at radius 3 is 2.35 bits per heavy atom. The van der Waals surface area contributed by atoms with Crippen LogP contribution in [0.2, 0.25) is 0 Å². The number of carbonyl (C=O) groups is 2. The van der Waals surface area contributed by atoms with Gasteiger partial charge >= 0.3 is 6.18 Å². The minimum absolute atomic E-state index is 0.0123. The average Bonchev–Trinajstić information content (AvgIpc) is 2.79. The average molecular weight is 477 g/mol. The normalized spacial score (nSPS) is 15.7. The van der Waals surface area contributed by atoms with Crippen LogP contribution in [-0.4, -0.2) is 41.9 Å². The Hall–Kier alpha value is -3.23. The zero-order valence-corrected chi connectivity index (χ0v) is 19.8. The number of piperidine rings is 1. The summed E-state index contributed by atoms with van der Waals surface area (Å²) in [7, 11) is 0. The van der Waals surface area contributed by atoms with Gasteiger partial charge in [0.25, 0.3) is 5.91 Å². The third kappa shape index (κ3) is 5.63. The Labute approximate surface area is 197 Å². The van der Waals surface area contributed by atoms with Crippen LogP contribution in [-0.2, 0) is 11.0 Å². The van der Waals surface area contributed by atoms with Crippen molar-refractivity contribution in [2.45, 2.75) is 58.8 Å². The highest BCUT2D eigenvalue weighted by Crippen LogP contribution is 2.30. The molecule has 2 aromatic carbocycles. The number of hydrogen-bond acceptors (Lipinski definition) is 4. The lowest BCUT2D eigenvalue weighted by Gasteiger charge is -2.33. The minimum atomic E-state index is -4.50. The van der Waals surface area contributed by atoms with Crippen LogP contribution < -0.4 is 16.4 Å². The molecule has 9 heteroatoms. The minimum Gasteiger partial charge on any atom is -0.398 e. The highest BCUT2D eigenvalue weighted by Gasteiger charge is 2.32. The van der Waals surface area contributed by atoms with Gasteiger partial charge in [-0.3, -0.25) is 9.59 Å². The molecular formula is C25H31F3N4O2. The van der Waals surface area contributed by atoms with Gasteiger partial charge in [-0.2, -0.15) is 13.2 Å². The van der Waals surface area contributed by atoms with E-state index in [1.165, 1.54) is 17.0 Å². The third-order valence-electron chi connectivity index (χ3n) is 6.35. The van der Waals surface area contributed by atoms with E-state index in [1.54, 1.807) is 6.92 Å². The molecule has 1 aliphatic rings. The van der Waals surface area contributed by atoms with Gasteiger partial charge < -0.3 is 21.3 Å². The number of alkyl halides is 3. The van der Waals surface area contributed by atoms with Crippen molar-refractivity contribution in [1.82, 2.24) is 10.2 Å². The van der Waals surface area contributed by atoms with Crippen molar-refractivity contribution in [1.29, 1.82) is 0 Å². The first-order valence-electron chi connectivity index (χ1n) is 11.3. The SMILES string of the molecule is Cc1cc(C)c(NC(C)C(=O)NC2CCN(C(=O)c3cccc(C(F)(F)F)c3)CC2)c(C)c1N. The summed E-state index contributed by atoms with van der Waals surface area (Å²) >= 11 is 0. The van der Waals surface area contributed by atoms with Gasteiger partial charge in [0.15, 0.2) is 0 Å². The van der Waals surface area contributed by atoms with E-state index in [4.69, 9.17) is 5.73 Å². The molecule has 1 saturated heterocycles. The summed E-state index contributed by atoms with van der Waals surface area (Å²) in [5.41, 5.74) is 9.73. The van der Waals surface area contributed by atoms with Crippen molar-refractivity contribution in [2.75, 3.05) is 24.1 Å². The number of anilines is 2. The number of nitrogens with zero attached hydrogens (tertiary/aromatic N) is 1. The van der Waals surface area contributed by atoms with Gasteiger partial charge in [-0.15, -0.1) is 0 Å². The summed E-state index contributed by atoms with van der Waals surface area (Å²) in [6.45, 7) is 8.31. The van der Waals surface area contributed by atoms with Crippen LogP contribution in [0.1, 0.15) is 52.4 Å². The van der Waals surface area contributed by atoms with E-state index in [-0.39, 0.29) is 17.5 Å². The molecule has 0 saturated carbocycles. The Kier molecular flexibility index (Phi) is 7.43. The molecule has 2 amide bonds. The predicted octanol–water partition coefficient (Wildman–Crippen LogP) is 4.43. The van der Waals surface area contributed by atoms with Crippen LogP contribution in [0.5, 0.6) is 0 Å². The zero-order valence-electron chi connectivity index (χ0n) is 19.8. The molecule has 0 aromatic heterocycles. The molecule has 184 valence electrons. The quantitative estimate of drug-likeness (QED) is 0.557. The Bertz CT molecular complexity index is 1080. The second-order valence-corrected chi connectivity index (χ2v) is 8.94. The van der Waals surface area contributed by atoms with Gasteiger partial charge in [-0.25, -0.2) is 0 Å². The molecule has 0 radical (unpaired) electrons. The number of nitrogens with two attached hydrogens (primary N) is 1. The summed E-state index contributed by atoms with van der Waals surface area (Å²) < 4.78 is 38.9. The first-order valence-corrected chi connectivity index (χ1v) is 11.3. The van der Waals surface area contributed by atoms with Crippen LogP contribution in [0.3, 0.4) is 0 Å². The van der Waals surface area contributed by atoms with Crippen molar-refractivity contribution < 1.29 is 22.8 Å². The zero-order chi connectivity index (χ0) is 25.2. The fourth-order valence-corrected chi connectivity index (χ4v) is 4.27. The number of carbonyl (C=O) groups excluding carboxylic acids is 2. The van der Waals surface area contributed by atoms with Gasteiger partial charge in [-0.1, -0.05) is 12.1 Å². The van der Waals surface area contributed by atoms with Crippen LogP contribution in [0.25, 0.3) is 0 Å². The fraction of sp³-hybridized carbons (Fsp3) is 0.440. The standard InChI is InChI=1S/C25H31F3N4O2/c1-14-12-15(2)22(16(3)21(14)29)30-17(4)23(33)31-20-8-10-32(11-9-20)24(34)18-6-5-7-19(13-18)25(26,27)28/h5-7,12-13,17,20,30H,8-11,29H2,1-4H3,(H,31,33). The maximum Gasteiger partial charge on any atom is 0.416 e. The van der Waals surface area contributed by atoms with Gasteiger partial charge in [-0.05, 0) is 75.4 Å². The first kappa shape index (κ1) is 25.4. The maximum atomic E-state index is 13.0. The molecule has 1 heterocycles. The van der Waals surface area contributed by atoms with Gasteiger partial charge in [0.2, 0.25) is 5.91 Å². The van der Waals surface area contributed by atoms with Crippen LogP contribution in [0.15, 0.2) is 30.3 Å². The molecule has 2 aromatic rings. The molecule has 3 rings (SSSR count). The lowest BCUT2D eigenvalue weighted by Crippen LogP contribution is -2.49. The molecule has 6 nitrogen and oxygen atoms in total. The molecule has 0 aliphatic carbocycles. The smallest absolute Gasteiger partial charge is 0.398 e. The number of nitrogen functional groups attached to an aromatic ring is 1. The van der Waals surface area contributed by atoms with Crippen molar-refractivity contribution in [3.63, 3.8) is 0 Å². The lowest BCUT2D eigenvalue weighted by molar-refractivity contribution is -0.137. The van der Waals surface area contributed by atoms with E-state index in [9.17, 15) is 22.8 Å². The molecule has 1 unspecified atom stereocenters. The summed E-state index contributed by atoms with van der Waals surface area (Å²) in [5, 5.41) is 6.27. The van der Waals surface area contributed by atoms with Crippen molar-refractivity contribution >= 4 is 23.2 Å². The molecule has 34 heavy (non-hydrogen) atoms. The number of aryl methyl sites for hydroxylation is 2. The van der Waals surface area contributed by atoms with Gasteiger partial charge in [0, 0.05) is 36.1 Å². The maximum absolute atomic E-state index is 13.0. The van der Waals surface area contributed by atoms with E-state index >= 15 is 0 Å². The number of amides is 2. The van der Waals surface area contributed by atoms with E-state index in [0.29, 0.717) is 31.6 Å². The highest BCUT2D eigenvalue weighted by molar-refractivity contribution is 5.94. The molecule has 1 atom stereocenters. The van der Waals surface area contributed by atoms with Crippen LogP contribution >= 0.6 is 0 Å². The van der Waals surface area contributed by atoms with E-state index in [2.05, 4.69) is 10.6 Å². The molecule has 4 N–H and O–H groups in total. The number of hydrogen-bond donors (Lipinski definition) is 3. The topological polar surface area (TPSA) is 87.5 Å². The Morgan fingerprint density at radius 2 is 1.74 bits per heavy atom. The van der Waals surface area contributed by atoms with Crippen molar-refractivity contribution in [3.8, 4) is 0 Å². The summed E-state index contributed by atoms with van der Waals surface area (Å²) in [6.07, 6.45) is -3.45. The fourth-order valence-electron chi connectivity index (χ4n) is 4.27. The van der Waals surface area contributed by atoms with Crippen LogP contribution in [0, 0.1) is 20.8 Å². The number of rotatable bonds is 5. The predicted molar refractivity (Wildman–Crippen MR) is 127 cm³/mol. The Morgan fingerprint density at radius 1 is 1.09 bits per heavy atom. The number of benzene rings is 2. The lowest BCUT2D eigenvalue weighted by atomic mass is 10.0. The first-order chi connectivity index (χ1) is 15.9. The number of halogens is 3. The third-order valence-corrected chi connectivity index (χ3v) is 6.35.